The van der Waals surface area contributed by atoms with Gasteiger partial charge in [-0.1, -0.05) is 25.5 Å². The standard InChI is InChI=1S/C18H28N2O3/c1-4-23-14-12-18(17(14,2)3)15(21)20(16(22)19-18)11-10-13-8-6-5-7-9-13/h8,14H,4-7,9-12H2,1-3H3,(H,19,22). The van der Waals surface area contributed by atoms with Crippen LogP contribution in [0.25, 0.3) is 0 Å². The molecule has 2 unspecified atom stereocenters. The van der Waals surface area contributed by atoms with E-state index in [1.54, 1.807) is 0 Å². The Morgan fingerprint density at radius 2 is 2.13 bits per heavy atom. The van der Waals surface area contributed by atoms with E-state index in [9.17, 15) is 9.59 Å². The summed E-state index contributed by atoms with van der Waals surface area (Å²) >= 11 is 0. The Morgan fingerprint density at radius 1 is 1.35 bits per heavy atom. The number of allylic oxidation sites excluding steroid dienone is 1. The molecule has 1 saturated carbocycles. The summed E-state index contributed by atoms with van der Waals surface area (Å²) in [6, 6.07) is -0.241. The Morgan fingerprint density at radius 3 is 2.74 bits per heavy atom. The lowest BCUT2D eigenvalue weighted by molar-refractivity contribution is -0.174. The molecular formula is C18H28N2O3. The molecule has 128 valence electrons. The largest absolute Gasteiger partial charge is 0.378 e. The predicted molar refractivity (Wildman–Crippen MR) is 88.0 cm³/mol. The minimum absolute atomic E-state index is 0.0257. The van der Waals surface area contributed by atoms with Gasteiger partial charge in [-0.25, -0.2) is 4.79 Å². The fourth-order valence-corrected chi connectivity index (χ4v) is 4.20. The predicted octanol–water partition coefficient (Wildman–Crippen LogP) is 3.00. The molecule has 3 rings (SSSR count). The Balaban J connectivity index is 1.67. The highest BCUT2D eigenvalue weighted by Crippen LogP contribution is 2.54. The Bertz CT molecular complexity index is 540. The van der Waals surface area contributed by atoms with Crippen LogP contribution < -0.4 is 5.32 Å². The van der Waals surface area contributed by atoms with E-state index >= 15 is 0 Å². The first kappa shape index (κ1) is 16.5. The summed E-state index contributed by atoms with van der Waals surface area (Å²) in [6.45, 7) is 7.11. The van der Waals surface area contributed by atoms with Crippen molar-refractivity contribution in [2.75, 3.05) is 13.2 Å². The van der Waals surface area contributed by atoms with Crippen molar-refractivity contribution in [3.8, 4) is 0 Å². The summed E-state index contributed by atoms with van der Waals surface area (Å²) in [6.07, 6.45) is 8.40. The first-order chi connectivity index (χ1) is 10.9. The minimum atomic E-state index is -0.773. The zero-order valence-electron chi connectivity index (χ0n) is 14.5. The van der Waals surface area contributed by atoms with Crippen molar-refractivity contribution in [1.29, 1.82) is 0 Å². The van der Waals surface area contributed by atoms with E-state index in [4.69, 9.17) is 4.74 Å². The van der Waals surface area contributed by atoms with Crippen LogP contribution in [0.4, 0.5) is 4.79 Å². The number of imide groups is 1. The summed E-state index contributed by atoms with van der Waals surface area (Å²) in [5, 5.41) is 2.97. The average molecular weight is 320 g/mol. The van der Waals surface area contributed by atoms with Crippen molar-refractivity contribution < 1.29 is 14.3 Å². The van der Waals surface area contributed by atoms with E-state index in [1.807, 2.05) is 20.8 Å². The van der Waals surface area contributed by atoms with E-state index in [-0.39, 0.29) is 23.5 Å². The first-order valence-electron chi connectivity index (χ1n) is 8.86. The smallest absolute Gasteiger partial charge is 0.325 e. The summed E-state index contributed by atoms with van der Waals surface area (Å²) in [5.74, 6) is -0.0696. The van der Waals surface area contributed by atoms with Crippen molar-refractivity contribution in [2.45, 2.75) is 70.9 Å². The van der Waals surface area contributed by atoms with Crippen molar-refractivity contribution in [3.05, 3.63) is 11.6 Å². The van der Waals surface area contributed by atoms with Crippen molar-refractivity contribution in [1.82, 2.24) is 10.2 Å². The molecule has 0 aromatic heterocycles. The van der Waals surface area contributed by atoms with Gasteiger partial charge in [0.15, 0.2) is 0 Å². The number of carbonyl (C=O) groups excluding carboxylic acids is 2. The molecule has 5 heteroatoms. The van der Waals surface area contributed by atoms with Gasteiger partial charge in [0.25, 0.3) is 5.91 Å². The molecule has 2 atom stereocenters. The number of urea groups is 1. The van der Waals surface area contributed by atoms with E-state index in [1.165, 1.54) is 23.3 Å². The van der Waals surface area contributed by atoms with Crippen LogP contribution in [0.3, 0.4) is 0 Å². The summed E-state index contributed by atoms with van der Waals surface area (Å²) < 4.78 is 5.72. The fourth-order valence-electron chi connectivity index (χ4n) is 4.20. The Labute approximate surface area is 138 Å². The van der Waals surface area contributed by atoms with Gasteiger partial charge in [-0.3, -0.25) is 9.69 Å². The number of carbonyl (C=O) groups is 2. The van der Waals surface area contributed by atoms with E-state index in [0.717, 1.165) is 19.3 Å². The topological polar surface area (TPSA) is 58.6 Å². The molecule has 0 bridgehead atoms. The van der Waals surface area contributed by atoms with Crippen molar-refractivity contribution in [2.24, 2.45) is 5.41 Å². The zero-order valence-corrected chi connectivity index (χ0v) is 14.5. The molecule has 0 aromatic carbocycles. The molecule has 0 aromatic rings. The van der Waals surface area contributed by atoms with Crippen LogP contribution in [0.2, 0.25) is 0 Å². The molecule has 3 aliphatic rings. The van der Waals surface area contributed by atoms with Crippen LogP contribution >= 0.6 is 0 Å². The molecule has 2 aliphatic carbocycles. The molecule has 23 heavy (non-hydrogen) atoms. The van der Waals surface area contributed by atoms with Gasteiger partial charge < -0.3 is 10.1 Å². The molecule has 0 radical (unpaired) electrons. The third-order valence-corrected chi connectivity index (χ3v) is 5.98. The highest BCUT2D eigenvalue weighted by molar-refractivity contribution is 6.08. The zero-order chi connectivity index (χ0) is 16.7. The maximum absolute atomic E-state index is 12.9. The van der Waals surface area contributed by atoms with Gasteiger partial charge in [0.05, 0.1) is 6.10 Å². The normalized spacial score (nSPS) is 32.7. The lowest BCUT2D eigenvalue weighted by Gasteiger charge is -2.57. The summed E-state index contributed by atoms with van der Waals surface area (Å²) in [4.78, 5) is 26.7. The number of nitrogens with zero attached hydrogens (tertiary/aromatic N) is 1. The monoisotopic (exact) mass is 320 g/mol. The highest BCUT2D eigenvalue weighted by Gasteiger charge is 2.70. The van der Waals surface area contributed by atoms with E-state index in [2.05, 4.69) is 11.4 Å². The van der Waals surface area contributed by atoms with Gasteiger partial charge in [-0.05, 0) is 39.0 Å². The molecular weight excluding hydrogens is 292 g/mol. The van der Waals surface area contributed by atoms with Gasteiger partial charge in [0.1, 0.15) is 5.54 Å². The third kappa shape index (κ3) is 2.49. The molecule has 1 spiro atoms. The summed E-state index contributed by atoms with van der Waals surface area (Å²) in [5.41, 5.74) is 0.248. The molecule has 1 saturated heterocycles. The molecule has 1 heterocycles. The number of ether oxygens (including phenoxy) is 1. The van der Waals surface area contributed by atoms with E-state index in [0.29, 0.717) is 19.6 Å². The molecule has 5 nitrogen and oxygen atoms in total. The van der Waals surface area contributed by atoms with Crippen LogP contribution in [0.5, 0.6) is 0 Å². The van der Waals surface area contributed by atoms with E-state index < -0.39 is 5.54 Å². The van der Waals surface area contributed by atoms with Crippen LogP contribution in [0.1, 0.15) is 59.3 Å². The Kier molecular flexibility index (Phi) is 4.25. The van der Waals surface area contributed by atoms with Gasteiger partial charge in [-0.2, -0.15) is 0 Å². The number of amides is 3. The van der Waals surface area contributed by atoms with Gasteiger partial charge in [-0.15, -0.1) is 0 Å². The Hall–Kier alpha value is -1.36. The third-order valence-electron chi connectivity index (χ3n) is 5.98. The van der Waals surface area contributed by atoms with Crippen molar-refractivity contribution in [3.63, 3.8) is 0 Å². The molecule has 3 amide bonds. The lowest BCUT2D eigenvalue weighted by Crippen LogP contribution is -2.73. The second kappa shape index (κ2) is 5.93. The molecule has 1 N–H and O–H groups in total. The lowest BCUT2D eigenvalue weighted by atomic mass is 9.54. The van der Waals surface area contributed by atoms with Crippen LogP contribution in [0.15, 0.2) is 11.6 Å². The summed E-state index contributed by atoms with van der Waals surface area (Å²) in [7, 11) is 0. The van der Waals surface area contributed by atoms with Crippen LogP contribution in [-0.2, 0) is 9.53 Å². The maximum Gasteiger partial charge on any atom is 0.325 e. The fraction of sp³-hybridized carbons (Fsp3) is 0.778. The first-order valence-corrected chi connectivity index (χ1v) is 8.86. The number of hydrogen-bond donors (Lipinski definition) is 1. The maximum atomic E-state index is 12.9. The van der Waals surface area contributed by atoms with Crippen molar-refractivity contribution >= 4 is 11.9 Å². The van der Waals surface area contributed by atoms with Gasteiger partial charge >= 0.3 is 6.03 Å². The second-order valence-electron chi connectivity index (χ2n) is 7.52. The quantitative estimate of drug-likeness (QED) is 0.626. The van der Waals surface area contributed by atoms with Crippen LogP contribution in [0, 0.1) is 5.41 Å². The van der Waals surface area contributed by atoms with Gasteiger partial charge in [0, 0.05) is 25.0 Å². The highest BCUT2D eigenvalue weighted by atomic mass is 16.5. The number of rotatable bonds is 5. The second-order valence-corrected chi connectivity index (χ2v) is 7.52. The average Bonchev–Trinajstić information content (AvgIpc) is 2.79. The number of nitrogens with one attached hydrogen (secondary N) is 1. The van der Waals surface area contributed by atoms with Crippen LogP contribution in [-0.4, -0.2) is 41.6 Å². The molecule has 1 aliphatic heterocycles. The molecule has 2 fully saturated rings. The minimum Gasteiger partial charge on any atom is -0.378 e. The number of hydrogen-bond acceptors (Lipinski definition) is 3. The SMILES string of the molecule is CCOC1CC2(NC(=O)N(CCC3=CCCCC3)C2=O)C1(C)C. The van der Waals surface area contributed by atoms with Gasteiger partial charge in [0.2, 0.25) is 0 Å².